The second-order valence-corrected chi connectivity index (χ2v) is 8.94. The van der Waals surface area contributed by atoms with E-state index in [0.29, 0.717) is 23.2 Å². The van der Waals surface area contributed by atoms with Gasteiger partial charge in [-0.05, 0) is 68.4 Å². The van der Waals surface area contributed by atoms with Crippen LogP contribution in [0, 0.1) is 30.6 Å². The monoisotopic (exact) mass is 432 g/mol. The summed E-state index contributed by atoms with van der Waals surface area (Å²) in [5.74, 6) is -1.30. The van der Waals surface area contributed by atoms with Gasteiger partial charge in [0.05, 0.1) is 23.1 Å². The minimum absolute atomic E-state index is 0.157. The number of nitrogens with one attached hydrogen (secondary N) is 1. The molecule has 0 radical (unpaired) electrons. The highest BCUT2D eigenvalue weighted by molar-refractivity contribution is 6.22. The summed E-state index contributed by atoms with van der Waals surface area (Å²) in [4.78, 5) is 51.9. The van der Waals surface area contributed by atoms with Crippen LogP contribution < -0.4 is 10.2 Å². The van der Waals surface area contributed by atoms with Gasteiger partial charge in [0.25, 0.3) is 5.91 Å². The van der Waals surface area contributed by atoms with Crippen LogP contribution in [0.25, 0.3) is 0 Å². The van der Waals surface area contributed by atoms with Crippen molar-refractivity contribution in [1.82, 2.24) is 0 Å². The Balaban J connectivity index is 1.24. The number of esters is 1. The van der Waals surface area contributed by atoms with Crippen molar-refractivity contribution >= 4 is 35.1 Å². The molecule has 1 N–H and O–H groups in total. The number of fused-ring (bicyclic) bond motifs is 5. The van der Waals surface area contributed by atoms with E-state index in [9.17, 15) is 19.2 Å². The number of nitrogens with zero attached hydrogens (tertiary/aromatic N) is 1. The normalized spacial score (nSPS) is 25.7. The summed E-state index contributed by atoms with van der Waals surface area (Å²) < 4.78 is 5.14. The molecule has 3 fully saturated rings. The lowest BCUT2D eigenvalue weighted by molar-refractivity contribution is -0.123. The number of hydrogen-bond acceptors (Lipinski definition) is 5. The standard InChI is InChI=1S/C25H24N2O5/c1-14-5-9-18(10-6-14)26-20(28)13-32-25(31)17-3-2-4-19(12-17)27-23(29)21-15-7-8-16(11-15)22(21)24(27)30/h2-6,9-10,12,15-16,21-22H,7-8,11,13H2,1H3,(H,26,28)/t15-,16-,21+,22+/m0/s1. The van der Waals surface area contributed by atoms with Crippen molar-refractivity contribution in [1.29, 1.82) is 0 Å². The first-order valence-electron chi connectivity index (χ1n) is 10.9. The van der Waals surface area contributed by atoms with Crippen LogP contribution in [0.1, 0.15) is 35.2 Å². The van der Waals surface area contributed by atoms with Crippen LogP contribution in [0.4, 0.5) is 11.4 Å². The van der Waals surface area contributed by atoms with Gasteiger partial charge in [0.15, 0.2) is 6.61 Å². The van der Waals surface area contributed by atoms with Gasteiger partial charge >= 0.3 is 5.97 Å². The minimum Gasteiger partial charge on any atom is -0.452 e. The molecule has 7 heteroatoms. The molecule has 32 heavy (non-hydrogen) atoms. The van der Waals surface area contributed by atoms with Crippen LogP contribution in [0.3, 0.4) is 0 Å². The highest BCUT2D eigenvalue weighted by atomic mass is 16.5. The van der Waals surface area contributed by atoms with E-state index in [4.69, 9.17) is 4.74 Å². The van der Waals surface area contributed by atoms with Gasteiger partial charge in [-0.15, -0.1) is 0 Å². The Labute approximate surface area is 185 Å². The zero-order chi connectivity index (χ0) is 22.4. The van der Waals surface area contributed by atoms with Gasteiger partial charge in [0, 0.05) is 5.69 Å². The topological polar surface area (TPSA) is 92.8 Å². The predicted octanol–water partition coefficient (Wildman–Crippen LogP) is 3.33. The van der Waals surface area contributed by atoms with Gasteiger partial charge in [-0.3, -0.25) is 19.3 Å². The van der Waals surface area contributed by atoms with Crippen molar-refractivity contribution < 1.29 is 23.9 Å². The Hall–Kier alpha value is -3.48. The van der Waals surface area contributed by atoms with E-state index < -0.39 is 18.5 Å². The number of aryl methyl sites for hydroxylation is 1. The fourth-order valence-electron chi connectivity index (χ4n) is 5.48. The molecule has 0 unspecified atom stereocenters. The predicted molar refractivity (Wildman–Crippen MR) is 117 cm³/mol. The SMILES string of the molecule is Cc1ccc(NC(=O)COC(=O)c2cccc(N3C(=O)[C@@H]4[C@H]5CC[C@@H](C5)[C@H]4C3=O)c2)cc1. The smallest absolute Gasteiger partial charge is 0.338 e. The van der Waals surface area contributed by atoms with Crippen molar-refractivity contribution in [3.63, 3.8) is 0 Å². The van der Waals surface area contributed by atoms with Crippen LogP contribution >= 0.6 is 0 Å². The van der Waals surface area contributed by atoms with Crippen LogP contribution in [-0.2, 0) is 19.1 Å². The highest BCUT2D eigenvalue weighted by Crippen LogP contribution is 2.56. The van der Waals surface area contributed by atoms with E-state index in [0.717, 1.165) is 24.8 Å². The number of ether oxygens (including phenoxy) is 1. The summed E-state index contributed by atoms with van der Waals surface area (Å²) in [6.07, 6.45) is 2.99. The first kappa shape index (κ1) is 20.4. The number of imide groups is 1. The largest absolute Gasteiger partial charge is 0.452 e. The Bertz CT molecular complexity index is 1080. The minimum atomic E-state index is -0.690. The molecule has 2 bridgehead atoms. The van der Waals surface area contributed by atoms with E-state index in [-0.39, 0.29) is 29.2 Å². The maximum absolute atomic E-state index is 13.0. The molecule has 164 valence electrons. The lowest BCUT2D eigenvalue weighted by Gasteiger charge is -2.19. The maximum atomic E-state index is 13.0. The molecule has 2 aromatic rings. The zero-order valence-corrected chi connectivity index (χ0v) is 17.7. The Morgan fingerprint density at radius 3 is 2.31 bits per heavy atom. The van der Waals surface area contributed by atoms with Gasteiger partial charge in [-0.25, -0.2) is 4.79 Å². The van der Waals surface area contributed by atoms with E-state index in [2.05, 4.69) is 5.32 Å². The summed E-state index contributed by atoms with van der Waals surface area (Å²) in [6.45, 7) is 1.51. The molecule has 0 aromatic heterocycles. The molecule has 5 rings (SSSR count). The van der Waals surface area contributed by atoms with E-state index in [1.54, 1.807) is 30.3 Å². The van der Waals surface area contributed by atoms with Crippen molar-refractivity contribution in [3.05, 3.63) is 59.7 Å². The fraction of sp³-hybridized carbons (Fsp3) is 0.360. The van der Waals surface area contributed by atoms with Crippen molar-refractivity contribution in [2.45, 2.75) is 26.2 Å². The molecule has 1 heterocycles. The average Bonchev–Trinajstić information content (AvgIpc) is 3.47. The van der Waals surface area contributed by atoms with Gasteiger partial charge in [0.1, 0.15) is 0 Å². The Kier molecular flexibility index (Phi) is 5.04. The number of benzene rings is 2. The third-order valence-corrected chi connectivity index (χ3v) is 6.94. The Morgan fingerprint density at radius 2 is 1.66 bits per heavy atom. The Morgan fingerprint density at radius 1 is 1.00 bits per heavy atom. The maximum Gasteiger partial charge on any atom is 0.338 e. The van der Waals surface area contributed by atoms with Crippen molar-refractivity contribution in [2.75, 3.05) is 16.8 Å². The van der Waals surface area contributed by atoms with E-state index in [1.165, 1.54) is 11.0 Å². The third kappa shape index (κ3) is 3.47. The molecule has 2 saturated carbocycles. The van der Waals surface area contributed by atoms with Crippen LogP contribution in [0.15, 0.2) is 48.5 Å². The van der Waals surface area contributed by atoms with Gasteiger partial charge in [-0.1, -0.05) is 23.8 Å². The van der Waals surface area contributed by atoms with Crippen molar-refractivity contribution in [2.24, 2.45) is 23.7 Å². The van der Waals surface area contributed by atoms with Gasteiger partial charge in [0.2, 0.25) is 11.8 Å². The molecule has 2 aliphatic carbocycles. The molecule has 7 nitrogen and oxygen atoms in total. The zero-order valence-electron chi connectivity index (χ0n) is 17.7. The average molecular weight is 432 g/mol. The number of anilines is 2. The molecule has 3 aliphatic rings. The lowest BCUT2D eigenvalue weighted by atomic mass is 9.81. The molecular formula is C25H24N2O5. The molecular weight excluding hydrogens is 408 g/mol. The summed E-state index contributed by atoms with van der Waals surface area (Å²) in [5.41, 5.74) is 2.25. The van der Waals surface area contributed by atoms with Gasteiger partial charge < -0.3 is 10.1 Å². The van der Waals surface area contributed by atoms with E-state index in [1.807, 2.05) is 19.1 Å². The second-order valence-electron chi connectivity index (χ2n) is 8.94. The lowest BCUT2D eigenvalue weighted by Crippen LogP contribution is -2.32. The third-order valence-electron chi connectivity index (χ3n) is 6.94. The van der Waals surface area contributed by atoms with Crippen molar-refractivity contribution in [3.8, 4) is 0 Å². The number of carbonyl (C=O) groups excluding carboxylic acids is 4. The summed E-state index contributed by atoms with van der Waals surface area (Å²) in [5, 5.41) is 2.67. The molecule has 3 amide bonds. The highest BCUT2D eigenvalue weighted by Gasteiger charge is 2.61. The molecule has 2 aromatic carbocycles. The van der Waals surface area contributed by atoms with Crippen LogP contribution in [0.5, 0.6) is 0 Å². The number of carbonyl (C=O) groups is 4. The van der Waals surface area contributed by atoms with E-state index >= 15 is 0 Å². The summed E-state index contributed by atoms with van der Waals surface area (Å²) in [7, 11) is 0. The molecule has 4 atom stereocenters. The second kappa shape index (κ2) is 7.89. The number of amides is 3. The quantitative estimate of drug-likeness (QED) is 0.578. The number of rotatable bonds is 5. The number of hydrogen-bond donors (Lipinski definition) is 1. The summed E-state index contributed by atoms with van der Waals surface area (Å²) in [6, 6.07) is 13.6. The fourth-order valence-corrected chi connectivity index (χ4v) is 5.48. The van der Waals surface area contributed by atoms with Crippen LogP contribution in [-0.4, -0.2) is 30.3 Å². The summed E-state index contributed by atoms with van der Waals surface area (Å²) >= 11 is 0. The first-order valence-corrected chi connectivity index (χ1v) is 10.9. The first-order chi connectivity index (χ1) is 15.4. The van der Waals surface area contributed by atoms with Gasteiger partial charge in [-0.2, -0.15) is 0 Å². The molecule has 1 saturated heterocycles. The van der Waals surface area contributed by atoms with Crippen LogP contribution in [0.2, 0.25) is 0 Å². The molecule has 1 aliphatic heterocycles. The molecule has 0 spiro atoms.